The Morgan fingerprint density at radius 1 is 1.42 bits per heavy atom. The van der Waals surface area contributed by atoms with Crippen molar-refractivity contribution in [1.82, 2.24) is 0 Å². The standard InChI is InChI=1S/C9H18N2O/c1-8(2)5-6(7(10)12)9(3,4)11-8/h6,11H,5H2,1-4H3,(H2,10,12)/p+1/t6-/m0/s1. The van der Waals surface area contributed by atoms with E-state index >= 15 is 0 Å². The van der Waals surface area contributed by atoms with Gasteiger partial charge in [0.05, 0.1) is 11.5 Å². The zero-order valence-corrected chi connectivity index (χ0v) is 8.35. The molecule has 0 unspecified atom stereocenters. The zero-order chi connectivity index (χ0) is 9.57. The first-order valence-electron chi connectivity index (χ1n) is 4.41. The molecule has 1 atom stereocenters. The molecule has 1 fully saturated rings. The predicted molar refractivity (Wildman–Crippen MR) is 47.4 cm³/mol. The maximum atomic E-state index is 11.1. The van der Waals surface area contributed by atoms with Gasteiger partial charge in [0.25, 0.3) is 0 Å². The van der Waals surface area contributed by atoms with Crippen LogP contribution in [0.4, 0.5) is 0 Å². The molecule has 1 amide bonds. The molecule has 1 aliphatic rings. The first kappa shape index (κ1) is 9.52. The van der Waals surface area contributed by atoms with E-state index in [1.165, 1.54) is 0 Å². The SMILES string of the molecule is CC1(C)C[C@@H](C(N)=O)C(C)(C)[NH2+]1. The molecular formula is C9H19N2O+. The molecular weight excluding hydrogens is 152 g/mol. The normalized spacial score (nSPS) is 31.8. The van der Waals surface area contributed by atoms with Crippen molar-refractivity contribution >= 4 is 5.91 Å². The molecule has 1 heterocycles. The second-order valence-corrected chi connectivity index (χ2v) is 5.11. The van der Waals surface area contributed by atoms with Gasteiger partial charge in [-0.3, -0.25) is 4.79 Å². The van der Waals surface area contributed by atoms with Crippen molar-refractivity contribution in [1.29, 1.82) is 0 Å². The van der Waals surface area contributed by atoms with Crippen molar-refractivity contribution in [2.75, 3.05) is 0 Å². The van der Waals surface area contributed by atoms with Gasteiger partial charge in [0.1, 0.15) is 5.54 Å². The summed E-state index contributed by atoms with van der Waals surface area (Å²) in [6, 6.07) is 0. The predicted octanol–water partition coefficient (Wildman–Crippen LogP) is -0.388. The van der Waals surface area contributed by atoms with E-state index in [4.69, 9.17) is 5.73 Å². The number of amides is 1. The van der Waals surface area contributed by atoms with Crippen LogP contribution >= 0.6 is 0 Å². The Morgan fingerprint density at radius 3 is 2.08 bits per heavy atom. The summed E-state index contributed by atoms with van der Waals surface area (Å²) in [5, 5.41) is 2.25. The number of carbonyl (C=O) groups is 1. The van der Waals surface area contributed by atoms with Gasteiger partial charge in [-0.2, -0.15) is 0 Å². The average molecular weight is 171 g/mol. The lowest BCUT2D eigenvalue weighted by molar-refractivity contribution is -0.758. The number of hydrogen-bond donors (Lipinski definition) is 2. The largest absolute Gasteiger partial charge is 0.369 e. The van der Waals surface area contributed by atoms with Gasteiger partial charge in [0, 0.05) is 6.42 Å². The van der Waals surface area contributed by atoms with Crippen LogP contribution in [0, 0.1) is 5.92 Å². The highest BCUT2D eigenvalue weighted by Crippen LogP contribution is 2.28. The fourth-order valence-electron chi connectivity index (χ4n) is 2.42. The zero-order valence-electron chi connectivity index (χ0n) is 8.35. The number of hydrogen-bond acceptors (Lipinski definition) is 1. The summed E-state index contributed by atoms with van der Waals surface area (Å²) in [4.78, 5) is 11.1. The van der Waals surface area contributed by atoms with E-state index < -0.39 is 0 Å². The van der Waals surface area contributed by atoms with Gasteiger partial charge in [-0.25, -0.2) is 0 Å². The van der Waals surface area contributed by atoms with Crippen LogP contribution < -0.4 is 11.1 Å². The van der Waals surface area contributed by atoms with Crippen LogP contribution in [0.3, 0.4) is 0 Å². The summed E-state index contributed by atoms with van der Waals surface area (Å²) < 4.78 is 0. The summed E-state index contributed by atoms with van der Waals surface area (Å²) in [6.07, 6.45) is 0.884. The van der Waals surface area contributed by atoms with Crippen LogP contribution in [0.15, 0.2) is 0 Å². The van der Waals surface area contributed by atoms with Crippen LogP contribution in [-0.2, 0) is 4.79 Å². The van der Waals surface area contributed by atoms with Crippen molar-refractivity contribution in [2.24, 2.45) is 11.7 Å². The van der Waals surface area contributed by atoms with Gasteiger partial charge >= 0.3 is 0 Å². The minimum Gasteiger partial charge on any atom is -0.369 e. The van der Waals surface area contributed by atoms with Gasteiger partial charge in [-0.05, 0) is 27.7 Å². The first-order valence-corrected chi connectivity index (χ1v) is 4.41. The highest BCUT2D eigenvalue weighted by Gasteiger charge is 2.51. The molecule has 0 aromatic carbocycles. The molecule has 3 nitrogen and oxygen atoms in total. The molecule has 1 rings (SSSR count). The smallest absolute Gasteiger partial charge is 0.227 e. The first-order chi connectivity index (χ1) is 5.25. The van der Waals surface area contributed by atoms with E-state index in [9.17, 15) is 4.79 Å². The van der Waals surface area contributed by atoms with Crippen molar-refractivity contribution in [3.05, 3.63) is 0 Å². The van der Waals surface area contributed by atoms with Crippen LogP contribution in [0.5, 0.6) is 0 Å². The lowest BCUT2D eigenvalue weighted by atomic mass is 9.87. The van der Waals surface area contributed by atoms with Crippen LogP contribution in [0.25, 0.3) is 0 Å². The molecule has 70 valence electrons. The van der Waals surface area contributed by atoms with Gasteiger partial charge in [0.2, 0.25) is 5.91 Å². The number of primary amides is 1. The summed E-state index contributed by atoms with van der Waals surface area (Å²) >= 11 is 0. The molecule has 1 saturated heterocycles. The minimum atomic E-state index is -0.165. The van der Waals surface area contributed by atoms with Gasteiger partial charge in [-0.1, -0.05) is 0 Å². The molecule has 3 heteroatoms. The van der Waals surface area contributed by atoms with E-state index in [0.717, 1.165) is 6.42 Å². The summed E-state index contributed by atoms with van der Waals surface area (Å²) in [5.74, 6) is -0.158. The van der Waals surface area contributed by atoms with Crippen molar-refractivity contribution < 1.29 is 10.1 Å². The Balaban J connectivity index is 2.85. The molecule has 0 aromatic rings. The Bertz CT molecular complexity index is 209. The molecule has 0 spiro atoms. The maximum Gasteiger partial charge on any atom is 0.227 e. The molecule has 1 aliphatic heterocycles. The average Bonchev–Trinajstić information content (AvgIpc) is 1.99. The number of rotatable bonds is 1. The molecule has 0 aliphatic carbocycles. The van der Waals surface area contributed by atoms with Crippen LogP contribution in [-0.4, -0.2) is 17.0 Å². The Hall–Kier alpha value is -0.570. The molecule has 4 N–H and O–H groups in total. The third-order valence-electron chi connectivity index (χ3n) is 2.73. The summed E-state index contributed by atoms with van der Waals surface area (Å²) in [7, 11) is 0. The second kappa shape index (κ2) is 2.46. The fraction of sp³-hybridized carbons (Fsp3) is 0.889. The number of quaternary nitrogens is 1. The van der Waals surface area contributed by atoms with Crippen molar-refractivity contribution in [2.45, 2.75) is 45.2 Å². The molecule has 0 bridgehead atoms. The van der Waals surface area contributed by atoms with Crippen LogP contribution in [0.2, 0.25) is 0 Å². The summed E-state index contributed by atoms with van der Waals surface area (Å²) in [5.41, 5.74) is 5.46. The third-order valence-corrected chi connectivity index (χ3v) is 2.73. The number of nitrogens with two attached hydrogens (primary N) is 2. The Labute approximate surface area is 73.7 Å². The fourth-order valence-corrected chi connectivity index (χ4v) is 2.42. The van der Waals surface area contributed by atoms with E-state index in [2.05, 4.69) is 33.0 Å². The summed E-state index contributed by atoms with van der Waals surface area (Å²) in [6.45, 7) is 8.46. The van der Waals surface area contributed by atoms with E-state index in [0.29, 0.717) is 0 Å². The van der Waals surface area contributed by atoms with E-state index in [1.54, 1.807) is 0 Å². The number of carbonyl (C=O) groups excluding carboxylic acids is 1. The molecule has 0 aromatic heterocycles. The molecule has 12 heavy (non-hydrogen) atoms. The van der Waals surface area contributed by atoms with Gasteiger partial charge < -0.3 is 11.1 Å². The Kier molecular flexibility index (Phi) is 1.95. The lowest BCUT2D eigenvalue weighted by Gasteiger charge is -2.22. The van der Waals surface area contributed by atoms with Gasteiger partial charge in [-0.15, -0.1) is 0 Å². The second-order valence-electron chi connectivity index (χ2n) is 5.11. The molecule has 0 saturated carbocycles. The van der Waals surface area contributed by atoms with E-state index in [-0.39, 0.29) is 22.9 Å². The van der Waals surface area contributed by atoms with E-state index in [1.807, 2.05) is 0 Å². The van der Waals surface area contributed by atoms with Crippen LogP contribution in [0.1, 0.15) is 34.1 Å². The minimum absolute atomic E-state index is 0.00694. The highest BCUT2D eigenvalue weighted by molar-refractivity contribution is 5.78. The topological polar surface area (TPSA) is 59.7 Å². The van der Waals surface area contributed by atoms with Crippen molar-refractivity contribution in [3.63, 3.8) is 0 Å². The third kappa shape index (κ3) is 1.61. The lowest BCUT2D eigenvalue weighted by Crippen LogP contribution is -3.00. The van der Waals surface area contributed by atoms with Crippen molar-refractivity contribution in [3.8, 4) is 0 Å². The molecule has 0 radical (unpaired) electrons. The Morgan fingerprint density at radius 2 is 1.92 bits per heavy atom. The quantitative estimate of drug-likeness (QED) is 0.555. The highest BCUT2D eigenvalue weighted by atomic mass is 16.1. The van der Waals surface area contributed by atoms with Gasteiger partial charge in [0.15, 0.2) is 0 Å². The monoisotopic (exact) mass is 171 g/mol. The maximum absolute atomic E-state index is 11.1.